The molecule has 1 aromatic rings. The molecule has 1 N–H and O–H groups in total. The Morgan fingerprint density at radius 3 is 2.42 bits per heavy atom. The molecule has 0 saturated heterocycles. The minimum absolute atomic E-state index is 0.132. The van der Waals surface area contributed by atoms with Crippen LogP contribution in [0, 0.1) is 0 Å². The van der Waals surface area contributed by atoms with E-state index in [1.54, 1.807) is 13.0 Å². The van der Waals surface area contributed by atoms with Crippen molar-refractivity contribution in [2.75, 3.05) is 5.32 Å². The monoisotopic (exact) mass is 263 g/mol. The van der Waals surface area contributed by atoms with Crippen LogP contribution in [-0.4, -0.2) is 17.5 Å². The van der Waals surface area contributed by atoms with Crippen molar-refractivity contribution in [3.8, 4) is 0 Å². The van der Waals surface area contributed by atoms with Crippen LogP contribution < -0.4 is 5.32 Å². The lowest BCUT2D eigenvalue weighted by Crippen LogP contribution is -2.27. The highest BCUT2D eigenvalue weighted by molar-refractivity contribution is 5.86. The molecule has 0 radical (unpaired) electrons. The highest BCUT2D eigenvalue weighted by Crippen LogP contribution is 2.18. The first-order valence-electron chi connectivity index (χ1n) is 6.35. The highest BCUT2D eigenvalue weighted by atomic mass is 16.6. The van der Waals surface area contributed by atoms with Crippen LogP contribution in [-0.2, 0) is 16.0 Å². The van der Waals surface area contributed by atoms with Gasteiger partial charge in [0, 0.05) is 12.1 Å². The normalized spacial score (nSPS) is 10.9. The number of ketones is 1. The van der Waals surface area contributed by atoms with E-state index < -0.39 is 11.7 Å². The van der Waals surface area contributed by atoms with Crippen LogP contribution in [0.4, 0.5) is 10.5 Å². The van der Waals surface area contributed by atoms with E-state index >= 15 is 0 Å². The summed E-state index contributed by atoms with van der Waals surface area (Å²) in [6.07, 6.45) is 0.594. The van der Waals surface area contributed by atoms with Crippen LogP contribution in [0.25, 0.3) is 0 Å². The van der Waals surface area contributed by atoms with Gasteiger partial charge in [0.2, 0.25) is 0 Å². The van der Waals surface area contributed by atoms with Crippen LogP contribution in [0.15, 0.2) is 24.3 Å². The third-order valence-corrected chi connectivity index (χ3v) is 2.40. The first-order chi connectivity index (χ1) is 8.78. The largest absolute Gasteiger partial charge is 0.444 e. The lowest BCUT2D eigenvalue weighted by molar-refractivity contribution is -0.116. The lowest BCUT2D eigenvalue weighted by Gasteiger charge is -2.20. The van der Waals surface area contributed by atoms with Crippen molar-refractivity contribution in [1.82, 2.24) is 0 Å². The Labute approximate surface area is 114 Å². The molecule has 1 aromatic carbocycles. The molecule has 0 atom stereocenters. The Balaban J connectivity index is 2.72. The fourth-order valence-corrected chi connectivity index (χ4v) is 1.58. The standard InChI is InChI=1S/C15H21NO3/c1-11(17)9-10-12-7-5-6-8-13(12)16-14(18)19-15(2,3)4/h5-8H,9-10H2,1-4H3,(H,16,18). The maximum Gasteiger partial charge on any atom is 0.412 e. The quantitative estimate of drug-likeness (QED) is 0.903. The average molecular weight is 263 g/mol. The third-order valence-electron chi connectivity index (χ3n) is 2.40. The molecule has 0 aliphatic carbocycles. The van der Waals surface area contributed by atoms with E-state index in [9.17, 15) is 9.59 Å². The maximum atomic E-state index is 11.7. The van der Waals surface area contributed by atoms with Crippen molar-refractivity contribution in [2.24, 2.45) is 0 Å². The van der Waals surface area contributed by atoms with Gasteiger partial charge in [0.25, 0.3) is 0 Å². The summed E-state index contributed by atoms with van der Waals surface area (Å²) in [5, 5.41) is 2.72. The molecule has 0 saturated carbocycles. The number of hydrogen-bond acceptors (Lipinski definition) is 3. The number of rotatable bonds is 4. The first-order valence-corrected chi connectivity index (χ1v) is 6.35. The number of carbonyl (C=O) groups is 2. The van der Waals surface area contributed by atoms with Crippen molar-refractivity contribution >= 4 is 17.6 Å². The van der Waals surface area contributed by atoms with Gasteiger partial charge in [0.1, 0.15) is 11.4 Å². The summed E-state index contributed by atoms with van der Waals surface area (Å²) in [5.41, 5.74) is 1.10. The molecule has 0 spiro atoms. The van der Waals surface area contributed by atoms with Crippen LogP contribution in [0.1, 0.15) is 39.7 Å². The molecule has 0 aromatic heterocycles. The van der Waals surface area contributed by atoms with Crippen LogP contribution in [0.5, 0.6) is 0 Å². The van der Waals surface area contributed by atoms with Gasteiger partial charge < -0.3 is 9.53 Å². The topological polar surface area (TPSA) is 55.4 Å². The molecule has 0 unspecified atom stereocenters. The van der Waals surface area contributed by atoms with E-state index in [0.29, 0.717) is 18.5 Å². The van der Waals surface area contributed by atoms with Gasteiger partial charge in [-0.2, -0.15) is 0 Å². The number of ether oxygens (including phenoxy) is 1. The maximum absolute atomic E-state index is 11.7. The molecule has 104 valence electrons. The van der Waals surface area contributed by atoms with Crippen molar-refractivity contribution in [3.63, 3.8) is 0 Å². The number of nitrogens with one attached hydrogen (secondary N) is 1. The van der Waals surface area contributed by atoms with Crippen LogP contribution in [0.2, 0.25) is 0 Å². The molecule has 4 heteroatoms. The minimum atomic E-state index is -0.529. The lowest BCUT2D eigenvalue weighted by atomic mass is 10.1. The zero-order chi connectivity index (χ0) is 14.5. The molecule has 1 amide bonds. The summed E-state index contributed by atoms with van der Waals surface area (Å²) in [6.45, 7) is 7.00. The predicted molar refractivity (Wildman–Crippen MR) is 75.3 cm³/mol. The van der Waals surface area contributed by atoms with E-state index in [2.05, 4.69) is 5.32 Å². The minimum Gasteiger partial charge on any atom is -0.444 e. The van der Waals surface area contributed by atoms with Gasteiger partial charge in [0.15, 0.2) is 0 Å². The third kappa shape index (κ3) is 6.04. The van der Waals surface area contributed by atoms with E-state index in [4.69, 9.17) is 4.74 Å². The molecule has 0 heterocycles. The van der Waals surface area contributed by atoms with E-state index in [1.165, 1.54) is 0 Å². The van der Waals surface area contributed by atoms with Gasteiger partial charge in [-0.15, -0.1) is 0 Å². The van der Waals surface area contributed by atoms with Gasteiger partial charge in [-0.3, -0.25) is 5.32 Å². The Morgan fingerprint density at radius 1 is 1.21 bits per heavy atom. The molecule has 0 aliphatic rings. The number of anilines is 1. The van der Waals surface area contributed by atoms with Crippen molar-refractivity contribution in [3.05, 3.63) is 29.8 Å². The average Bonchev–Trinajstić information content (AvgIpc) is 2.25. The molecule has 0 fully saturated rings. The highest BCUT2D eigenvalue weighted by Gasteiger charge is 2.17. The Hall–Kier alpha value is -1.84. The number of benzene rings is 1. The van der Waals surface area contributed by atoms with Crippen molar-refractivity contribution in [2.45, 2.75) is 46.1 Å². The van der Waals surface area contributed by atoms with Gasteiger partial charge in [-0.05, 0) is 45.7 Å². The summed E-state index contributed by atoms with van der Waals surface area (Å²) >= 11 is 0. The van der Waals surface area contributed by atoms with E-state index in [1.807, 2.05) is 39.0 Å². The SMILES string of the molecule is CC(=O)CCc1ccccc1NC(=O)OC(C)(C)C. The van der Waals surface area contributed by atoms with E-state index in [-0.39, 0.29) is 5.78 Å². The van der Waals surface area contributed by atoms with Gasteiger partial charge >= 0.3 is 6.09 Å². The Kier molecular flexibility index (Phi) is 5.10. The van der Waals surface area contributed by atoms with E-state index in [0.717, 1.165) is 5.56 Å². The summed E-state index contributed by atoms with van der Waals surface area (Å²) < 4.78 is 5.21. The number of hydrogen-bond donors (Lipinski definition) is 1. The summed E-state index contributed by atoms with van der Waals surface area (Å²) in [5.74, 6) is 0.132. The summed E-state index contributed by atoms with van der Waals surface area (Å²) in [4.78, 5) is 22.7. The molecule has 19 heavy (non-hydrogen) atoms. The fraction of sp³-hybridized carbons (Fsp3) is 0.467. The second kappa shape index (κ2) is 6.36. The molecular formula is C15H21NO3. The summed E-state index contributed by atoms with van der Waals surface area (Å²) in [6, 6.07) is 7.43. The molecule has 1 rings (SSSR count). The smallest absolute Gasteiger partial charge is 0.412 e. The first kappa shape index (κ1) is 15.2. The second-order valence-corrected chi connectivity index (χ2v) is 5.49. The Bertz CT molecular complexity index is 461. The fourth-order valence-electron chi connectivity index (χ4n) is 1.58. The Morgan fingerprint density at radius 2 is 1.84 bits per heavy atom. The van der Waals surface area contributed by atoms with Gasteiger partial charge in [-0.25, -0.2) is 4.79 Å². The summed E-state index contributed by atoms with van der Waals surface area (Å²) in [7, 11) is 0. The molecule has 4 nitrogen and oxygen atoms in total. The predicted octanol–water partition coefficient (Wildman–Crippen LogP) is 3.56. The zero-order valence-electron chi connectivity index (χ0n) is 11.9. The second-order valence-electron chi connectivity index (χ2n) is 5.49. The van der Waals surface area contributed by atoms with Gasteiger partial charge in [-0.1, -0.05) is 18.2 Å². The van der Waals surface area contributed by atoms with Crippen molar-refractivity contribution in [1.29, 1.82) is 0 Å². The number of amides is 1. The number of para-hydroxylation sites is 1. The number of Topliss-reactive ketones (excluding diaryl/α,β-unsaturated/α-hetero) is 1. The van der Waals surface area contributed by atoms with Crippen LogP contribution >= 0.6 is 0 Å². The molecule has 0 bridgehead atoms. The number of aryl methyl sites for hydroxylation is 1. The van der Waals surface area contributed by atoms with Crippen molar-refractivity contribution < 1.29 is 14.3 Å². The van der Waals surface area contributed by atoms with Crippen LogP contribution in [0.3, 0.4) is 0 Å². The zero-order valence-corrected chi connectivity index (χ0v) is 11.9. The molecular weight excluding hydrogens is 242 g/mol. The van der Waals surface area contributed by atoms with Gasteiger partial charge in [0.05, 0.1) is 0 Å². The number of carbonyl (C=O) groups excluding carboxylic acids is 2. The molecule has 0 aliphatic heterocycles.